The Morgan fingerprint density at radius 1 is 1.53 bits per heavy atom. The molecule has 6 nitrogen and oxygen atoms in total. The normalized spacial score (nSPS) is 13.0. The summed E-state index contributed by atoms with van der Waals surface area (Å²) in [5, 5.41) is 11.2. The van der Waals surface area contributed by atoms with Crippen LogP contribution in [-0.4, -0.2) is 28.0 Å². The van der Waals surface area contributed by atoms with Crippen LogP contribution in [0.4, 0.5) is 0 Å². The Balaban J connectivity index is 2.91. The molecule has 1 atom stereocenters. The summed E-state index contributed by atoms with van der Waals surface area (Å²) in [5.41, 5.74) is 0.281. The molecule has 1 aromatic heterocycles. The Labute approximate surface area is 111 Å². The Hall–Kier alpha value is -1.98. The fourth-order valence-corrected chi connectivity index (χ4v) is 2.25. The predicted octanol–water partition coefficient (Wildman–Crippen LogP) is 2.02. The standard InChI is InChI=1S/C13H18N2O4/c1-9(17)7-13(2,3)12(15(18)19)6-10-4-5-11(8-16)14-10/h4-5,8,12,14H,6-7H2,1-3H3. The summed E-state index contributed by atoms with van der Waals surface area (Å²) >= 11 is 0. The molecular formula is C13H18N2O4. The van der Waals surface area contributed by atoms with Gasteiger partial charge < -0.3 is 9.78 Å². The molecule has 1 heterocycles. The highest BCUT2D eigenvalue weighted by Gasteiger charge is 2.40. The zero-order valence-electron chi connectivity index (χ0n) is 11.3. The van der Waals surface area contributed by atoms with Crippen molar-refractivity contribution in [2.24, 2.45) is 5.41 Å². The van der Waals surface area contributed by atoms with Crippen molar-refractivity contribution >= 4 is 12.1 Å². The predicted molar refractivity (Wildman–Crippen MR) is 69.7 cm³/mol. The molecule has 0 spiro atoms. The minimum Gasteiger partial charge on any atom is -0.356 e. The van der Waals surface area contributed by atoms with Crippen LogP contribution in [0.25, 0.3) is 0 Å². The molecule has 0 fully saturated rings. The second kappa shape index (κ2) is 5.77. The van der Waals surface area contributed by atoms with Gasteiger partial charge in [-0.2, -0.15) is 0 Å². The van der Waals surface area contributed by atoms with Gasteiger partial charge in [-0.1, -0.05) is 13.8 Å². The third-order valence-electron chi connectivity index (χ3n) is 3.17. The van der Waals surface area contributed by atoms with Crippen LogP contribution in [0.5, 0.6) is 0 Å². The average Bonchev–Trinajstić information content (AvgIpc) is 2.71. The molecule has 0 aromatic carbocycles. The number of rotatable bonds is 7. The van der Waals surface area contributed by atoms with Crippen molar-refractivity contribution in [3.63, 3.8) is 0 Å². The van der Waals surface area contributed by atoms with E-state index in [1.54, 1.807) is 26.0 Å². The maximum absolute atomic E-state index is 11.2. The maximum Gasteiger partial charge on any atom is 0.223 e. The molecule has 1 aromatic rings. The molecular weight excluding hydrogens is 248 g/mol. The van der Waals surface area contributed by atoms with Crippen LogP contribution in [0.2, 0.25) is 0 Å². The second-order valence-electron chi connectivity index (χ2n) is 5.43. The maximum atomic E-state index is 11.2. The lowest BCUT2D eigenvalue weighted by Gasteiger charge is -2.26. The molecule has 0 aliphatic rings. The van der Waals surface area contributed by atoms with Crippen LogP contribution in [0.1, 0.15) is 43.4 Å². The summed E-state index contributed by atoms with van der Waals surface area (Å²) < 4.78 is 0. The first-order valence-electron chi connectivity index (χ1n) is 6.02. The number of carbonyl (C=O) groups excluding carboxylic acids is 2. The lowest BCUT2D eigenvalue weighted by molar-refractivity contribution is -0.540. The summed E-state index contributed by atoms with van der Waals surface area (Å²) in [4.78, 5) is 35.5. The Morgan fingerprint density at radius 3 is 2.58 bits per heavy atom. The van der Waals surface area contributed by atoms with Gasteiger partial charge in [0.1, 0.15) is 5.78 Å². The number of aldehydes is 1. The van der Waals surface area contributed by atoms with E-state index in [-0.39, 0.29) is 23.5 Å². The molecule has 19 heavy (non-hydrogen) atoms. The summed E-state index contributed by atoms with van der Waals surface area (Å²) in [6.45, 7) is 4.86. The zero-order chi connectivity index (χ0) is 14.6. The first-order chi connectivity index (χ1) is 8.76. The summed E-state index contributed by atoms with van der Waals surface area (Å²) in [6.07, 6.45) is 0.979. The number of aromatic nitrogens is 1. The van der Waals surface area contributed by atoms with E-state index in [2.05, 4.69) is 4.98 Å². The number of nitro groups is 1. The number of hydrogen-bond donors (Lipinski definition) is 1. The summed E-state index contributed by atoms with van der Waals surface area (Å²) in [7, 11) is 0. The average molecular weight is 266 g/mol. The van der Waals surface area contributed by atoms with Crippen molar-refractivity contribution in [1.29, 1.82) is 0 Å². The highest BCUT2D eigenvalue weighted by molar-refractivity contribution is 5.76. The highest BCUT2D eigenvalue weighted by atomic mass is 16.6. The summed E-state index contributed by atoms with van der Waals surface area (Å²) in [6, 6.07) is 2.36. The smallest absolute Gasteiger partial charge is 0.223 e. The number of H-pyrrole nitrogens is 1. The minimum absolute atomic E-state index is 0.0723. The lowest BCUT2D eigenvalue weighted by atomic mass is 9.78. The Bertz CT molecular complexity index is 491. The van der Waals surface area contributed by atoms with Gasteiger partial charge in [0.05, 0.1) is 12.1 Å². The van der Waals surface area contributed by atoms with Crippen molar-refractivity contribution in [3.8, 4) is 0 Å². The van der Waals surface area contributed by atoms with E-state index in [4.69, 9.17) is 0 Å². The van der Waals surface area contributed by atoms with Crippen molar-refractivity contribution in [2.75, 3.05) is 0 Å². The number of carbonyl (C=O) groups is 2. The van der Waals surface area contributed by atoms with Gasteiger partial charge in [-0.25, -0.2) is 0 Å². The fourth-order valence-electron chi connectivity index (χ4n) is 2.25. The van der Waals surface area contributed by atoms with Gasteiger partial charge in [-0.05, 0) is 19.1 Å². The Morgan fingerprint density at radius 2 is 2.16 bits per heavy atom. The van der Waals surface area contributed by atoms with E-state index < -0.39 is 11.5 Å². The molecule has 0 amide bonds. The van der Waals surface area contributed by atoms with E-state index >= 15 is 0 Å². The van der Waals surface area contributed by atoms with Gasteiger partial charge in [0.15, 0.2) is 6.29 Å². The van der Waals surface area contributed by atoms with Gasteiger partial charge in [-0.15, -0.1) is 0 Å². The van der Waals surface area contributed by atoms with Crippen LogP contribution in [-0.2, 0) is 11.2 Å². The monoisotopic (exact) mass is 266 g/mol. The van der Waals surface area contributed by atoms with Gasteiger partial charge in [0.2, 0.25) is 6.04 Å². The number of Topliss-reactive ketones (excluding diaryl/α,β-unsaturated/α-hetero) is 1. The van der Waals surface area contributed by atoms with Crippen molar-refractivity contribution in [3.05, 3.63) is 33.6 Å². The largest absolute Gasteiger partial charge is 0.356 e. The summed E-state index contributed by atoms with van der Waals surface area (Å²) in [5.74, 6) is -0.0723. The van der Waals surface area contributed by atoms with Crippen LogP contribution in [0, 0.1) is 15.5 Å². The number of hydrogen-bond acceptors (Lipinski definition) is 4. The van der Waals surface area contributed by atoms with E-state index in [1.165, 1.54) is 6.92 Å². The van der Waals surface area contributed by atoms with Gasteiger partial charge >= 0.3 is 0 Å². The Kier molecular flexibility index (Phi) is 4.58. The first-order valence-corrected chi connectivity index (χ1v) is 6.02. The van der Waals surface area contributed by atoms with Crippen LogP contribution < -0.4 is 0 Å². The van der Waals surface area contributed by atoms with Crippen LogP contribution >= 0.6 is 0 Å². The SMILES string of the molecule is CC(=O)CC(C)(C)C(Cc1ccc(C=O)[nH]1)[N+](=O)[O-]. The third-order valence-corrected chi connectivity index (χ3v) is 3.17. The fraction of sp³-hybridized carbons (Fsp3) is 0.538. The number of aromatic amines is 1. The molecule has 1 N–H and O–H groups in total. The quantitative estimate of drug-likeness (QED) is 0.464. The minimum atomic E-state index is -0.880. The molecule has 1 unspecified atom stereocenters. The molecule has 104 valence electrons. The third kappa shape index (κ3) is 4.01. The molecule has 0 saturated heterocycles. The molecule has 6 heteroatoms. The van der Waals surface area contributed by atoms with Gasteiger partial charge in [0.25, 0.3) is 0 Å². The van der Waals surface area contributed by atoms with E-state index in [1.807, 2.05) is 0 Å². The van der Waals surface area contributed by atoms with Crippen LogP contribution in [0.3, 0.4) is 0 Å². The van der Waals surface area contributed by atoms with Gasteiger partial charge in [0, 0.05) is 22.5 Å². The van der Waals surface area contributed by atoms with E-state index in [0.29, 0.717) is 17.7 Å². The molecule has 0 radical (unpaired) electrons. The number of nitrogens with one attached hydrogen (secondary N) is 1. The molecule has 0 aliphatic heterocycles. The highest BCUT2D eigenvalue weighted by Crippen LogP contribution is 2.29. The number of ketones is 1. The molecule has 0 saturated carbocycles. The van der Waals surface area contributed by atoms with Gasteiger partial charge in [-0.3, -0.25) is 14.9 Å². The lowest BCUT2D eigenvalue weighted by Crippen LogP contribution is -2.39. The van der Waals surface area contributed by atoms with Crippen molar-refractivity contribution in [2.45, 2.75) is 39.7 Å². The topological polar surface area (TPSA) is 93.1 Å². The molecule has 1 rings (SSSR count). The molecule has 0 bridgehead atoms. The van der Waals surface area contributed by atoms with Crippen LogP contribution in [0.15, 0.2) is 12.1 Å². The zero-order valence-corrected chi connectivity index (χ0v) is 11.3. The molecule has 0 aliphatic carbocycles. The van der Waals surface area contributed by atoms with Crippen molar-refractivity contribution < 1.29 is 14.5 Å². The van der Waals surface area contributed by atoms with E-state index in [9.17, 15) is 19.7 Å². The number of nitrogens with zero attached hydrogens (tertiary/aromatic N) is 1. The van der Waals surface area contributed by atoms with Crippen molar-refractivity contribution in [1.82, 2.24) is 4.98 Å². The second-order valence-corrected chi connectivity index (χ2v) is 5.43. The van der Waals surface area contributed by atoms with E-state index in [0.717, 1.165) is 0 Å². The first kappa shape index (κ1) is 15.1.